The summed E-state index contributed by atoms with van der Waals surface area (Å²) in [5.74, 6) is -0.563. The highest BCUT2D eigenvalue weighted by Gasteiger charge is 2.28. The number of rotatable bonds is 5. The van der Waals surface area contributed by atoms with E-state index in [4.69, 9.17) is 28.3 Å². The fourth-order valence-electron chi connectivity index (χ4n) is 4.42. The number of amides is 1. The smallest absolute Gasteiger partial charge is 0.272 e. The minimum Gasteiger partial charge on any atom is -0.345 e. The number of benzene rings is 2. The average Bonchev–Trinajstić information content (AvgIpc) is 3.13. The summed E-state index contributed by atoms with van der Waals surface area (Å²) in [6, 6.07) is 17.1. The Hall–Kier alpha value is -3.48. The Morgan fingerprint density at radius 2 is 1.86 bits per heavy atom. The van der Waals surface area contributed by atoms with Gasteiger partial charge in [0.15, 0.2) is 5.69 Å². The van der Waals surface area contributed by atoms with Crippen molar-refractivity contribution in [1.82, 2.24) is 20.1 Å². The van der Waals surface area contributed by atoms with Gasteiger partial charge in [0.25, 0.3) is 5.91 Å². The third-order valence-electron chi connectivity index (χ3n) is 6.13. The molecule has 1 aliphatic rings. The molecule has 1 N–H and O–H groups in total. The molecule has 1 aliphatic carbocycles. The second kappa shape index (κ2) is 10.6. The van der Waals surface area contributed by atoms with Crippen LogP contribution in [0.2, 0.25) is 10.0 Å². The summed E-state index contributed by atoms with van der Waals surface area (Å²) in [4.78, 5) is 17.6. The first-order valence-corrected chi connectivity index (χ1v) is 12.5. The topological polar surface area (TPSA) is 59.8 Å². The van der Waals surface area contributed by atoms with Crippen LogP contribution >= 0.6 is 23.2 Å². The van der Waals surface area contributed by atoms with E-state index in [2.05, 4.69) is 10.3 Å². The maximum atomic E-state index is 13.5. The van der Waals surface area contributed by atoms with Crippen molar-refractivity contribution in [2.24, 2.45) is 0 Å². The SMILES string of the molecule is O=C(NCc1ccccn1)c1nn(-c2ccc(Cl)cc2Cl)c2c1CCCC/C2=C\c1ccc(F)cc1. The molecular weight excluding hydrogens is 498 g/mol. The molecule has 0 saturated heterocycles. The van der Waals surface area contributed by atoms with Crippen molar-refractivity contribution in [3.8, 4) is 5.69 Å². The van der Waals surface area contributed by atoms with Crippen LogP contribution in [0.1, 0.15) is 52.3 Å². The van der Waals surface area contributed by atoms with Crippen molar-refractivity contribution in [3.63, 3.8) is 0 Å². The molecule has 8 heteroatoms. The van der Waals surface area contributed by atoms with Gasteiger partial charge in [0.05, 0.1) is 28.6 Å². The molecule has 2 aromatic heterocycles. The monoisotopic (exact) mass is 520 g/mol. The largest absolute Gasteiger partial charge is 0.345 e. The molecule has 0 unspecified atom stereocenters. The first kappa shape index (κ1) is 24.2. The van der Waals surface area contributed by atoms with Crippen LogP contribution in [-0.4, -0.2) is 20.7 Å². The quantitative estimate of drug-likeness (QED) is 0.291. The van der Waals surface area contributed by atoms with Crippen molar-refractivity contribution in [2.45, 2.75) is 32.2 Å². The molecule has 2 aromatic carbocycles. The van der Waals surface area contributed by atoms with Gasteiger partial charge in [0.2, 0.25) is 0 Å². The van der Waals surface area contributed by atoms with E-state index in [1.807, 2.05) is 24.3 Å². The Bertz CT molecular complexity index is 1430. The lowest BCUT2D eigenvalue weighted by atomic mass is 10.0. The van der Waals surface area contributed by atoms with E-state index in [0.717, 1.165) is 47.4 Å². The van der Waals surface area contributed by atoms with Gasteiger partial charge in [-0.05, 0) is 85.4 Å². The number of nitrogens with one attached hydrogen (secondary N) is 1. The van der Waals surface area contributed by atoms with Gasteiger partial charge in [0, 0.05) is 16.8 Å². The zero-order valence-corrected chi connectivity index (χ0v) is 20.9. The molecule has 0 atom stereocenters. The number of nitrogens with zero attached hydrogens (tertiary/aromatic N) is 3. The summed E-state index contributed by atoms with van der Waals surface area (Å²) in [5.41, 5.74) is 5.34. The molecule has 0 saturated carbocycles. The summed E-state index contributed by atoms with van der Waals surface area (Å²) < 4.78 is 15.3. The number of hydrogen-bond donors (Lipinski definition) is 1. The van der Waals surface area contributed by atoms with E-state index in [-0.39, 0.29) is 11.7 Å². The van der Waals surface area contributed by atoms with Gasteiger partial charge < -0.3 is 5.32 Å². The highest BCUT2D eigenvalue weighted by atomic mass is 35.5. The predicted molar refractivity (Wildman–Crippen MR) is 141 cm³/mol. The lowest BCUT2D eigenvalue weighted by Crippen LogP contribution is -2.25. The molecule has 0 fully saturated rings. The molecule has 5 nitrogen and oxygen atoms in total. The number of allylic oxidation sites excluding steroid dienone is 1. The molecule has 4 aromatic rings. The molecule has 0 aliphatic heterocycles. The molecule has 0 bridgehead atoms. The molecular formula is C28H23Cl2FN4O. The van der Waals surface area contributed by atoms with Crippen LogP contribution < -0.4 is 5.32 Å². The van der Waals surface area contributed by atoms with Crippen molar-refractivity contribution < 1.29 is 9.18 Å². The zero-order valence-electron chi connectivity index (χ0n) is 19.3. The fourth-order valence-corrected chi connectivity index (χ4v) is 4.91. The highest BCUT2D eigenvalue weighted by Crippen LogP contribution is 2.36. The van der Waals surface area contributed by atoms with Crippen molar-refractivity contribution in [3.05, 3.63) is 111 Å². The van der Waals surface area contributed by atoms with Gasteiger partial charge >= 0.3 is 0 Å². The average molecular weight is 521 g/mol. The van der Waals surface area contributed by atoms with E-state index < -0.39 is 0 Å². The third-order valence-corrected chi connectivity index (χ3v) is 6.67. The lowest BCUT2D eigenvalue weighted by molar-refractivity contribution is 0.0944. The predicted octanol–water partition coefficient (Wildman–Crippen LogP) is 6.91. The molecule has 0 spiro atoms. The number of fused-ring (bicyclic) bond motifs is 1. The van der Waals surface area contributed by atoms with Crippen LogP contribution in [-0.2, 0) is 13.0 Å². The minimum absolute atomic E-state index is 0.274. The standard InChI is InChI=1S/C28H23Cl2FN4O/c29-20-10-13-25(24(30)16-20)35-27-19(15-18-8-11-21(31)12-9-18)5-1-2-7-23(27)26(34-35)28(36)33-17-22-6-3-4-14-32-22/h3-4,6,8-16H,1-2,5,7,17H2,(H,33,36)/b19-15+. The maximum absolute atomic E-state index is 13.5. The van der Waals surface area contributed by atoms with Gasteiger partial charge in [-0.2, -0.15) is 5.10 Å². The highest BCUT2D eigenvalue weighted by molar-refractivity contribution is 6.35. The van der Waals surface area contributed by atoms with Crippen molar-refractivity contribution in [2.75, 3.05) is 0 Å². The van der Waals surface area contributed by atoms with Crippen LogP contribution in [0.5, 0.6) is 0 Å². The molecule has 1 amide bonds. The summed E-state index contributed by atoms with van der Waals surface area (Å²) in [5, 5.41) is 8.66. The normalized spacial score (nSPS) is 14.4. The van der Waals surface area contributed by atoms with Crippen molar-refractivity contribution >= 4 is 40.8 Å². The van der Waals surface area contributed by atoms with E-state index in [1.165, 1.54) is 12.1 Å². The van der Waals surface area contributed by atoms with Gasteiger partial charge in [-0.1, -0.05) is 41.4 Å². The van der Waals surface area contributed by atoms with Crippen LogP contribution in [0.4, 0.5) is 4.39 Å². The molecule has 5 rings (SSSR count). The summed E-state index contributed by atoms with van der Waals surface area (Å²) in [6.45, 7) is 0.293. The minimum atomic E-state index is -0.288. The Labute approximate surface area is 218 Å². The van der Waals surface area contributed by atoms with Crippen LogP contribution in [0, 0.1) is 5.82 Å². The van der Waals surface area contributed by atoms with E-state index in [9.17, 15) is 9.18 Å². The van der Waals surface area contributed by atoms with E-state index in [0.29, 0.717) is 34.4 Å². The fraction of sp³-hybridized carbons (Fsp3) is 0.179. The first-order chi connectivity index (χ1) is 17.5. The Balaban J connectivity index is 1.62. The number of aromatic nitrogens is 3. The molecule has 182 valence electrons. The van der Waals surface area contributed by atoms with Crippen LogP contribution in [0.3, 0.4) is 0 Å². The molecule has 36 heavy (non-hydrogen) atoms. The van der Waals surface area contributed by atoms with Gasteiger partial charge in [-0.3, -0.25) is 9.78 Å². The number of carbonyl (C=O) groups excluding carboxylic acids is 1. The number of carbonyl (C=O) groups is 1. The van der Waals surface area contributed by atoms with Crippen molar-refractivity contribution in [1.29, 1.82) is 0 Å². The van der Waals surface area contributed by atoms with E-state index >= 15 is 0 Å². The van der Waals surface area contributed by atoms with Crippen LogP contribution in [0.15, 0.2) is 66.9 Å². The van der Waals surface area contributed by atoms with E-state index in [1.54, 1.807) is 41.2 Å². The Morgan fingerprint density at radius 3 is 2.61 bits per heavy atom. The molecule has 2 heterocycles. The van der Waals surface area contributed by atoms with Crippen LogP contribution in [0.25, 0.3) is 17.3 Å². The zero-order chi connectivity index (χ0) is 25.1. The maximum Gasteiger partial charge on any atom is 0.272 e. The Kier molecular flexibility index (Phi) is 7.16. The second-order valence-corrected chi connectivity index (χ2v) is 9.46. The number of halogens is 3. The summed E-state index contributed by atoms with van der Waals surface area (Å²) >= 11 is 12.7. The molecule has 0 radical (unpaired) electrons. The Morgan fingerprint density at radius 1 is 1.06 bits per heavy atom. The lowest BCUT2D eigenvalue weighted by Gasteiger charge is -2.13. The van der Waals surface area contributed by atoms with Gasteiger partial charge in [0.1, 0.15) is 5.82 Å². The number of hydrogen-bond acceptors (Lipinski definition) is 3. The second-order valence-electron chi connectivity index (χ2n) is 8.62. The van der Waals surface area contributed by atoms with Gasteiger partial charge in [-0.25, -0.2) is 9.07 Å². The summed E-state index contributed by atoms with van der Waals surface area (Å²) in [6.07, 6.45) is 7.07. The first-order valence-electron chi connectivity index (χ1n) is 11.7. The number of pyridine rings is 1. The third kappa shape index (κ3) is 5.20. The van der Waals surface area contributed by atoms with Gasteiger partial charge in [-0.15, -0.1) is 0 Å². The summed E-state index contributed by atoms with van der Waals surface area (Å²) in [7, 11) is 0.